The molecule has 1 atom stereocenters. The topological polar surface area (TPSA) is 29.9 Å². The largest absolute Gasteiger partial charge is 0.308 e. The van der Waals surface area contributed by atoms with Gasteiger partial charge in [-0.2, -0.15) is 5.10 Å². The van der Waals surface area contributed by atoms with Gasteiger partial charge in [0, 0.05) is 18.1 Å². The SMILES string of the molecule is CNC(c1ccn(C)n1)c1ccsc1C. The minimum absolute atomic E-state index is 0.206. The van der Waals surface area contributed by atoms with E-state index in [2.05, 4.69) is 34.9 Å². The molecule has 0 aliphatic heterocycles. The Morgan fingerprint density at radius 3 is 2.73 bits per heavy atom. The van der Waals surface area contributed by atoms with Gasteiger partial charge in [0.05, 0.1) is 11.7 Å². The lowest BCUT2D eigenvalue weighted by molar-refractivity contribution is 0.641. The molecule has 0 aliphatic rings. The van der Waals surface area contributed by atoms with E-state index in [0.717, 1.165) is 5.69 Å². The van der Waals surface area contributed by atoms with Gasteiger partial charge in [-0.05, 0) is 37.0 Å². The first-order chi connectivity index (χ1) is 7.22. The van der Waals surface area contributed by atoms with Gasteiger partial charge in [0.15, 0.2) is 0 Å². The maximum atomic E-state index is 4.44. The summed E-state index contributed by atoms with van der Waals surface area (Å²) in [5, 5.41) is 9.87. The van der Waals surface area contributed by atoms with E-state index in [4.69, 9.17) is 0 Å². The van der Waals surface area contributed by atoms with Crippen LogP contribution in [0.3, 0.4) is 0 Å². The molecule has 1 unspecified atom stereocenters. The van der Waals surface area contributed by atoms with E-state index >= 15 is 0 Å². The molecule has 2 heterocycles. The molecule has 0 saturated heterocycles. The minimum Gasteiger partial charge on any atom is -0.308 e. The fourth-order valence-electron chi connectivity index (χ4n) is 1.74. The Labute approximate surface area is 93.7 Å². The molecule has 0 radical (unpaired) electrons. The highest BCUT2D eigenvalue weighted by molar-refractivity contribution is 7.10. The second-order valence-corrected chi connectivity index (χ2v) is 4.69. The first-order valence-corrected chi connectivity index (χ1v) is 5.81. The van der Waals surface area contributed by atoms with Crippen molar-refractivity contribution in [2.75, 3.05) is 7.05 Å². The molecule has 2 rings (SSSR count). The third-order valence-corrected chi connectivity index (χ3v) is 3.39. The molecule has 0 spiro atoms. The van der Waals surface area contributed by atoms with Crippen LogP contribution in [-0.4, -0.2) is 16.8 Å². The lowest BCUT2D eigenvalue weighted by Crippen LogP contribution is -2.18. The Bertz CT molecular complexity index is 444. The Morgan fingerprint density at radius 2 is 2.27 bits per heavy atom. The number of nitrogens with one attached hydrogen (secondary N) is 1. The van der Waals surface area contributed by atoms with Crippen LogP contribution in [-0.2, 0) is 7.05 Å². The molecule has 2 aromatic heterocycles. The van der Waals surface area contributed by atoms with E-state index in [1.807, 2.05) is 25.0 Å². The predicted molar refractivity (Wildman–Crippen MR) is 63.2 cm³/mol. The summed E-state index contributed by atoms with van der Waals surface area (Å²) in [5.74, 6) is 0. The standard InChI is InChI=1S/C11H15N3S/c1-8-9(5-7-15-8)11(12-2)10-4-6-14(3)13-10/h4-7,11-12H,1-3H3. The number of aryl methyl sites for hydroxylation is 2. The van der Waals surface area contributed by atoms with Crippen molar-refractivity contribution in [3.05, 3.63) is 39.8 Å². The van der Waals surface area contributed by atoms with Gasteiger partial charge in [0.1, 0.15) is 0 Å². The highest BCUT2D eigenvalue weighted by atomic mass is 32.1. The third kappa shape index (κ3) is 1.96. The molecule has 0 aliphatic carbocycles. The van der Waals surface area contributed by atoms with Crippen LogP contribution in [0.25, 0.3) is 0 Å². The van der Waals surface area contributed by atoms with Crippen molar-refractivity contribution >= 4 is 11.3 Å². The lowest BCUT2D eigenvalue weighted by Gasteiger charge is -2.13. The van der Waals surface area contributed by atoms with E-state index in [1.165, 1.54) is 10.4 Å². The Morgan fingerprint density at radius 1 is 1.47 bits per heavy atom. The number of aromatic nitrogens is 2. The molecule has 0 saturated carbocycles. The van der Waals surface area contributed by atoms with Crippen molar-refractivity contribution in [1.29, 1.82) is 0 Å². The van der Waals surface area contributed by atoms with Crippen LogP contribution in [0.4, 0.5) is 0 Å². The molecular weight excluding hydrogens is 206 g/mol. The summed E-state index contributed by atoms with van der Waals surface area (Å²) in [6.45, 7) is 2.15. The van der Waals surface area contributed by atoms with E-state index in [1.54, 1.807) is 11.3 Å². The van der Waals surface area contributed by atoms with Gasteiger partial charge in [-0.25, -0.2) is 0 Å². The van der Waals surface area contributed by atoms with Crippen molar-refractivity contribution in [3.8, 4) is 0 Å². The zero-order valence-electron chi connectivity index (χ0n) is 9.19. The van der Waals surface area contributed by atoms with Crippen molar-refractivity contribution in [1.82, 2.24) is 15.1 Å². The van der Waals surface area contributed by atoms with Crippen LogP contribution in [0, 0.1) is 6.92 Å². The summed E-state index contributed by atoms with van der Waals surface area (Å²) in [6, 6.07) is 4.42. The van der Waals surface area contributed by atoms with E-state index in [9.17, 15) is 0 Å². The smallest absolute Gasteiger partial charge is 0.0839 e. The number of rotatable bonds is 3. The van der Waals surface area contributed by atoms with Gasteiger partial charge in [0.2, 0.25) is 0 Å². The van der Waals surface area contributed by atoms with Crippen LogP contribution in [0.1, 0.15) is 22.2 Å². The Hall–Kier alpha value is -1.13. The van der Waals surface area contributed by atoms with Crippen LogP contribution in [0.5, 0.6) is 0 Å². The van der Waals surface area contributed by atoms with Crippen molar-refractivity contribution in [2.45, 2.75) is 13.0 Å². The fraction of sp³-hybridized carbons (Fsp3) is 0.364. The summed E-state index contributed by atoms with van der Waals surface area (Å²) < 4.78 is 1.83. The van der Waals surface area contributed by atoms with Gasteiger partial charge in [-0.1, -0.05) is 0 Å². The number of hydrogen-bond acceptors (Lipinski definition) is 3. The second kappa shape index (κ2) is 4.16. The lowest BCUT2D eigenvalue weighted by atomic mass is 10.1. The average Bonchev–Trinajstić information content (AvgIpc) is 2.79. The van der Waals surface area contributed by atoms with Gasteiger partial charge >= 0.3 is 0 Å². The fourth-order valence-corrected chi connectivity index (χ4v) is 2.48. The maximum Gasteiger partial charge on any atom is 0.0839 e. The number of nitrogens with zero attached hydrogens (tertiary/aromatic N) is 2. The van der Waals surface area contributed by atoms with Crippen LogP contribution in [0.15, 0.2) is 23.7 Å². The zero-order valence-corrected chi connectivity index (χ0v) is 10.0. The summed E-state index contributed by atoms with van der Waals surface area (Å²) in [4.78, 5) is 1.35. The van der Waals surface area contributed by atoms with Gasteiger partial charge in [-0.15, -0.1) is 11.3 Å². The molecule has 15 heavy (non-hydrogen) atoms. The van der Waals surface area contributed by atoms with Gasteiger partial charge in [-0.3, -0.25) is 4.68 Å². The molecule has 3 nitrogen and oxygen atoms in total. The van der Waals surface area contributed by atoms with Crippen molar-refractivity contribution < 1.29 is 0 Å². The quantitative estimate of drug-likeness (QED) is 0.860. The van der Waals surface area contributed by atoms with Gasteiger partial charge in [0.25, 0.3) is 0 Å². The summed E-state index contributed by atoms with van der Waals surface area (Å²) in [6.07, 6.45) is 1.97. The van der Waals surface area contributed by atoms with Crippen LogP contribution >= 0.6 is 11.3 Å². The van der Waals surface area contributed by atoms with E-state index < -0.39 is 0 Å². The first-order valence-electron chi connectivity index (χ1n) is 4.93. The molecule has 0 amide bonds. The molecule has 4 heteroatoms. The van der Waals surface area contributed by atoms with E-state index in [-0.39, 0.29) is 6.04 Å². The number of hydrogen-bond donors (Lipinski definition) is 1. The second-order valence-electron chi connectivity index (χ2n) is 3.57. The molecule has 2 aromatic rings. The maximum absolute atomic E-state index is 4.44. The monoisotopic (exact) mass is 221 g/mol. The summed E-state index contributed by atoms with van der Waals surface area (Å²) >= 11 is 1.77. The zero-order chi connectivity index (χ0) is 10.8. The third-order valence-electron chi connectivity index (χ3n) is 2.53. The summed E-state index contributed by atoms with van der Waals surface area (Å²) in [5.41, 5.74) is 2.39. The van der Waals surface area contributed by atoms with Crippen molar-refractivity contribution in [3.63, 3.8) is 0 Å². The molecule has 80 valence electrons. The van der Waals surface area contributed by atoms with Gasteiger partial charge < -0.3 is 5.32 Å². The molecular formula is C11H15N3S. The minimum atomic E-state index is 0.206. The highest BCUT2D eigenvalue weighted by Crippen LogP contribution is 2.26. The highest BCUT2D eigenvalue weighted by Gasteiger charge is 2.16. The first kappa shape index (κ1) is 10.4. The van der Waals surface area contributed by atoms with E-state index in [0.29, 0.717) is 0 Å². The number of thiophene rings is 1. The van der Waals surface area contributed by atoms with Crippen LogP contribution in [0.2, 0.25) is 0 Å². The van der Waals surface area contributed by atoms with Crippen LogP contribution < -0.4 is 5.32 Å². The summed E-state index contributed by atoms with van der Waals surface area (Å²) in [7, 11) is 3.91. The average molecular weight is 221 g/mol. The molecule has 0 bridgehead atoms. The molecule has 0 aromatic carbocycles. The Kier molecular flexibility index (Phi) is 2.88. The molecule has 1 N–H and O–H groups in total. The van der Waals surface area contributed by atoms with Crippen molar-refractivity contribution in [2.24, 2.45) is 7.05 Å². The normalized spacial score (nSPS) is 13.0. The molecule has 0 fully saturated rings. The predicted octanol–water partition coefficient (Wildman–Crippen LogP) is 2.10. The Balaban J connectivity index is 2.36.